The zero-order valence-corrected chi connectivity index (χ0v) is 21.1. The second-order valence-electron chi connectivity index (χ2n) is 8.82. The lowest BCUT2D eigenvalue weighted by molar-refractivity contribution is -0.384. The molecule has 1 aliphatic carbocycles. The van der Waals surface area contributed by atoms with Crippen LogP contribution in [0.3, 0.4) is 0 Å². The minimum Gasteiger partial charge on any atom is -0.495 e. The molecule has 0 atom stereocenters. The lowest BCUT2D eigenvalue weighted by Gasteiger charge is -2.23. The van der Waals surface area contributed by atoms with Crippen LogP contribution in [0.5, 0.6) is 5.75 Å². The number of aryl methyl sites for hydroxylation is 1. The largest absolute Gasteiger partial charge is 0.495 e. The van der Waals surface area contributed by atoms with Crippen molar-refractivity contribution in [2.24, 2.45) is 0 Å². The molecule has 1 heterocycles. The molecule has 8 nitrogen and oxygen atoms in total. The predicted octanol–water partition coefficient (Wildman–Crippen LogP) is 6.38. The number of hydrogen-bond acceptors (Lipinski definition) is 6. The molecule has 0 fully saturated rings. The van der Waals surface area contributed by atoms with E-state index in [0.717, 1.165) is 59.4 Å². The molecule has 1 amide bonds. The standard InChI is InChI=1S/C28H26N4O4.ClH/c1-36-26-9-5-4-8-25(26)31-28-21-6-2-3-7-23(21)30-24-15-12-19(17-22(24)28)29-27(33)16-18-10-13-20(14-11-18)32(34)35;/h4-5,8-15,17H,2-3,6-7,16H2,1H3,(H,29,33)(H,30,31);1H. The van der Waals surface area contributed by atoms with Gasteiger partial charge >= 0.3 is 0 Å². The number of ether oxygens (including phenoxy) is 1. The Bertz CT molecular complexity index is 1460. The summed E-state index contributed by atoms with van der Waals surface area (Å²) in [5.41, 5.74) is 6.40. The van der Waals surface area contributed by atoms with Gasteiger partial charge in [0.1, 0.15) is 5.75 Å². The number of amides is 1. The van der Waals surface area contributed by atoms with Gasteiger partial charge < -0.3 is 15.4 Å². The second kappa shape index (κ2) is 11.3. The number of nitro groups is 1. The third kappa shape index (κ3) is 5.65. The molecule has 1 aromatic heterocycles. The molecular weight excluding hydrogens is 492 g/mol. The van der Waals surface area contributed by atoms with E-state index in [-0.39, 0.29) is 30.4 Å². The zero-order chi connectivity index (χ0) is 25.1. The predicted molar refractivity (Wildman–Crippen MR) is 147 cm³/mol. The van der Waals surface area contributed by atoms with Gasteiger partial charge in [-0.15, -0.1) is 12.4 Å². The summed E-state index contributed by atoms with van der Waals surface area (Å²) < 4.78 is 5.55. The Hall–Kier alpha value is -4.17. The summed E-state index contributed by atoms with van der Waals surface area (Å²) in [7, 11) is 1.65. The van der Waals surface area contributed by atoms with Crippen molar-refractivity contribution in [3.05, 3.63) is 93.7 Å². The van der Waals surface area contributed by atoms with E-state index in [9.17, 15) is 14.9 Å². The summed E-state index contributed by atoms with van der Waals surface area (Å²) in [6, 6.07) is 19.5. The van der Waals surface area contributed by atoms with Crippen LogP contribution in [0.4, 0.5) is 22.7 Å². The van der Waals surface area contributed by atoms with E-state index in [0.29, 0.717) is 11.3 Å². The number of anilines is 3. The maximum atomic E-state index is 12.7. The second-order valence-corrected chi connectivity index (χ2v) is 8.82. The van der Waals surface area contributed by atoms with Crippen LogP contribution in [0.25, 0.3) is 10.9 Å². The molecule has 3 aromatic carbocycles. The number of para-hydroxylation sites is 2. The molecule has 190 valence electrons. The fraction of sp³-hybridized carbons (Fsp3) is 0.214. The molecule has 4 aromatic rings. The number of pyridine rings is 1. The van der Waals surface area contributed by atoms with Crippen molar-refractivity contribution in [3.8, 4) is 5.75 Å². The molecule has 1 aliphatic rings. The fourth-order valence-corrected chi connectivity index (χ4v) is 4.65. The van der Waals surface area contributed by atoms with E-state index in [2.05, 4.69) is 10.6 Å². The van der Waals surface area contributed by atoms with E-state index in [1.165, 1.54) is 17.7 Å². The maximum absolute atomic E-state index is 12.7. The number of fused-ring (bicyclic) bond motifs is 2. The van der Waals surface area contributed by atoms with Crippen molar-refractivity contribution in [3.63, 3.8) is 0 Å². The first-order chi connectivity index (χ1) is 17.5. The lowest BCUT2D eigenvalue weighted by atomic mass is 9.92. The monoisotopic (exact) mass is 518 g/mol. The Morgan fingerprint density at radius 1 is 1.05 bits per heavy atom. The van der Waals surface area contributed by atoms with Crippen molar-refractivity contribution in [1.82, 2.24) is 4.98 Å². The third-order valence-corrected chi connectivity index (χ3v) is 6.42. The molecular formula is C28H27ClN4O4. The number of non-ortho nitro benzene ring substituents is 1. The highest BCUT2D eigenvalue weighted by molar-refractivity contribution is 6.00. The number of carbonyl (C=O) groups is 1. The van der Waals surface area contributed by atoms with Gasteiger partial charge in [-0.05, 0) is 67.1 Å². The van der Waals surface area contributed by atoms with Crippen molar-refractivity contribution >= 4 is 52.0 Å². The van der Waals surface area contributed by atoms with Gasteiger partial charge in [0.15, 0.2) is 0 Å². The lowest BCUT2D eigenvalue weighted by Crippen LogP contribution is -2.14. The van der Waals surface area contributed by atoms with Gasteiger partial charge in [-0.3, -0.25) is 19.9 Å². The molecule has 2 N–H and O–H groups in total. The average Bonchev–Trinajstić information content (AvgIpc) is 2.89. The van der Waals surface area contributed by atoms with Crippen molar-refractivity contribution in [2.45, 2.75) is 32.1 Å². The normalized spacial score (nSPS) is 12.2. The van der Waals surface area contributed by atoms with Crippen LogP contribution in [-0.2, 0) is 24.1 Å². The summed E-state index contributed by atoms with van der Waals surface area (Å²) in [5, 5.41) is 18.3. The van der Waals surface area contributed by atoms with Gasteiger partial charge in [-0.1, -0.05) is 24.3 Å². The quantitative estimate of drug-likeness (QED) is 0.217. The fourth-order valence-electron chi connectivity index (χ4n) is 4.65. The first-order valence-electron chi connectivity index (χ1n) is 11.9. The minimum absolute atomic E-state index is 0. The van der Waals surface area contributed by atoms with Crippen LogP contribution in [0.15, 0.2) is 66.7 Å². The van der Waals surface area contributed by atoms with E-state index in [1.807, 2.05) is 42.5 Å². The number of halogens is 1. The Labute approximate surface area is 220 Å². The highest BCUT2D eigenvalue weighted by Gasteiger charge is 2.20. The first kappa shape index (κ1) is 25.9. The molecule has 0 radical (unpaired) electrons. The molecule has 0 saturated carbocycles. The van der Waals surface area contributed by atoms with Crippen LogP contribution in [0, 0.1) is 10.1 Å². The van der Waals surface area contributed by atoms with E-state index < -0.39 is 4.92 Å². The average molecular weight is 519 g/mol. The maximum Gasteiger partial charge on any atom is 0.269 e. The highest BCUT2D eigenvalue weighted by atomic mass is 35.5. The Morgan fingerprint density at radius 3 is 2.57 bits per heavy atom. The van der Waals surface area contributed by atoms with Crippen molar-refractivity contribution in [1.29, 1.82) is 0 Å². The number of nitrogens with zero attached hydrogens (tertiary/aromatic N) is 2. The Kier molecular flexibility index (Phi) is 7.89. The van der Waals surface area contributed by atoms with Crippen molar-refractivity contribution < 1.29 is 14.5 Å². The smallest absolute Gasteiger partial charge is 0.269 e. The highest BCUT2D eigenvalue weighted by Crippen LogP contribution is 2.38. The van der Waals surface area contributed by atoms with Gasteiger partial charge in [-0.25, -0.2) is 0 Å². The van der Waals surface area contributed by atoms with Gasteiger partial charge in [0.05, 0.1) is 35.3 Å². The molecule has 37 heavy (non-hydrogen) atoms. The number of benzene rings is 3. The van der Waals surface area contributed by atoms with Crippen LogP contribution in [0.1, 0.15) is 29.7 Å². The minimum atomic E-state index is -0.456. The summed E-state index contributed by atoms with van der Waals surface area (Å²) in [6.07, 6.45) is 4.22. The Morgan fingerprint density at radius 2 is 1.81 bits per heavy atom. The van der Waals surface area contributed by atoms with Crippen LogP contribution in [-0.4, -0.2) is 22.9 Å². The van der Waals surface area contributed by atoms with Gasteiger partial charge in [0, 0.05) is 28.9 Å². The number of nitrogens with one attached hydrogen (secondary N) is 2. The molecule has 0 saturated heterocycles. The first-order valence-corrected chi connectivity index (χ1v) is 11.9. The molecule has 0 unspecified atom stereocenters. The number of carbonyl (C=O) groups excluding carboxylic acids is 1. The molecule has 0 aliphatic heterocycles. The Balaban J connectivity index is 0.00000320. The zero-order valence-electron chi connectivity index (χ0n) is 20.3. The van der Waals surface area contributed by atoms with Gasteiger partial charge in [0.2, 0.25) is 5.91 Å². The van der Waals surface area contributed by atoms with Gasteiger partial charge in [-0.2, -0.15) is 0 Å². The molecule has 0 bridgehead atoms. The molecule has 0 spiro atoms. The summed E-state index contributed by atoms with van der Waals surface area (Å²) in [4.78, 5) is 28.1. The van der Waals surface area contributed by atoms with E-state index in [4.69, 9.17) is 9.72 Å². The topological polar surface area (TPSA) is 106 Å². The van der Waals surface area contributed by atoms with E-state index >= 15 is 0 Å². The van der Waals surface area contributed by atoms with Crippen LogP contribution in [0.2, 0.25) is 0 Å². The number of aromatic nitrogens is 1. The molecule has 5 rings (SSSR count). The SMILES string of the molecule is COc1ccccc1Nc1c2c(nc3ccc(NC(=O)Cc4ccc([N+](=O)[O-])cc4)cc13)CCCC2.Cl. The third-order valence-electron chi connectivity index (χ3n) is 6.42. The number of rotatable bonds is 7. The number of nitro benzene ring substituents is 1. The number of methoxy groups -OCH3 is 1. The molecule has 9 heteroatoms. The van der Waals surface area contributed by atoms with E-state index in [1.54, 1.807) is 19.2 Å². The summed E-state index contributed by atoms with van der Waals surface area (Å²) >= 11 is 0. The van der Waals surface area contributed by atoms with Crippen molar-refractivity contribution in [2.75, 3.05) is 17.7 Å². The summed E-state index contributed by atoms with van der Waals surface area (Å²) in [5.74, 6) is 0.549. The van der Waals surface area contributed by atoms with Crippen LogP contribution < -0.4 is 15.4 Å². The van der Waals surface area contributed by atoms with Gasteiger partial charge in [0.25, 0.3) is 5.69 Å². The summed E-state index contributed by atoms with van der Waals surface area (Å²) in [6.45, 7) is 0. The van der Waals surface area contributed by atoms with Crippen LogP contribution >= 0.6 is 12.4 Å². The number of hydrogen-bond donors (Lipinski definition) is 2.